The van der Waals surface area contributed by atoms with Gasteiger partial charge in [0.2, 0.25) is 0 Å². The summed E-state index contributed by atoms with van der Waals surface area (Å²) < 4.78 is 3.48. The van der Waals surface area contributed by atoms with Gasteiger partial charge in [0.25, 0.3) is 5.91 Å². The number of fused-ring (bicyclic) bond motifs is 1. The molecule has 2 aromatic heterocycles. The van der Waals surface area contributed by atoms with E-state index >= 15 is 0 Å². The fourth-order valence-corrected chi connectivity index (χ4v) is 2.76. The third kappa shape index (κ3) is 2.46. The van der Waals surface area contributed by atoms with E-state index in [0.717, 1.165) is 16.9 Å². The molecule has 0 spiro atoms. The average Bonchev–Trinajstić information content (AvgIpc) is 2.99. The van der Waals surface area contributed by atoms with Crippen molar-refractivity contribution in [3.8, 4) is 0 Å². The second-order valence-electron chi connectivity index (χ2n) is 5.21. The molecule has 6 nitrogen and oxygen atoms in total. The first-order chi connectivity index (χ1) is 10.5. The Labute approximate surface area is 132 Å². The van der Waals surface area contributed by atoms with E-state index in [4.69, 9.17) is 11.6 Å². The van der Waals surface area contributed by atoms with Crippen LogP contribution in [0.3, 0.4) is 0 Å². The van der Waals surface area contributed by atoms with Crippen molar-refractivity contribution in [3.05, 3.63) is 47.0 Å². The molecule has 0 radical (unpaired) electrons. The summed E-state index contributed by atoms with van der Waals surface area (Å²) in [5.74, 6) is 0.465. The quantitative estimate of drug-likeness (QED) is 0.807. The van der Waals surface area contributed by atoms with E-state index in [9.17, 15) is 4.79 Å². The molecule has 114 valence electrons. The molecule has 1 N–H and O–H groups in total. The Morgan fingerprint density at radius 1 is 1.32 bits per heavy atom. The highest BCUT2D eigenvalue weighted by molar-refractivity contribution is 6.33. The summed E-state index contributed by atoms with van der Waals surface area (Å²) in [5, 5.41) is 7.28. The summed E-state index contributed by atoms with van der Waals surface area (Å²) in [5.41, 5.74) is 2.14. The van der Waals surface area contributed by atoms with Gasteiger partial charge in [-0.2, -0.15) is 5.10 Å². The topological polar surface area (TPSA) is 64.7 Å². The summed E-state index contributed by atoms with van der Waals surface area (Å²) in [6.07, 6.45) is 1.59. The number of carbonyl (C=O) groups is 1. The van der Waals surface area contributed by atoms with Crippen molar-refractivity contribution in [2.24, 2.45) is 14.1 Å². The van der Waals surface area contributed by atoms with Crippen LogP contribution in [0.5, 0.6) is 0 Å². The summed E-state index contributed by atoms with van der Waals surface area (Å²) in [4.78, 5) is 16.9. The van der Waals surface area contributed by atoms with Crippen LogP contribution in [-0.2, 0) is 14.1 Å². The van der Waals surface area contributed by atoms with E-state index in [1.807, 2.05) is 42.8 Å². The van der Waals surface area contributed by atoms with E-state index in [1.165, 1.54) is 4.68 Å². The van der Waals surface area contributed by atoms with E-state index in [1.54, 1.807) is 13.2 Å². The van der Waals surface area contributed by atoms with Crippen molar-refractivity contribution in [2.45, 2.75) is 13.0 Å². The number of imidazole rings is 1. The molecule has 2 heterocycles. The van der Waals surface area contributed by atoms with Crippen LogP contribution >= 0.6 is 11.6 Å². The lowest BCUT2D eigenvalue weighted by atomic mass is 10.3. The number of rotatable bonds is 3. The fraction of sp³-hybridized carbons (Fsp3) is 0.267. The lowest BCUT2D eigenvalue weighted by Gasteiger charge is -2.13. The monoisotopic (exact) mass is 317 g/mol. The van der Waals surface area contributed by atoms with E-state index in [-0.39, 0.29) is 17.6 Å². The largest absolute Gasteiger partial charge is 0.341 e. The van der Waals surface area contributed by atoms with Gasteiger partial charge in [0.1, 0.15) is 5.82 Å². The van der Waals surface area contributed by atoms with Crippen LogP contribution < -0.4 is 5.32 Å². The Hall–Kier alpha value is -2.34. The predicted octanol–water partition coefficient (Wildman–Crippen LogP) is 2.45. The molecule has 0 saturated heterocycles. The van der Waals surface area contributed by atoms with E-state index in [0.29, 0.717) is 5.02 Å². The SMILES string of the molecule is C[C@H](NC(=O)c1nn(C)cc1Cl)c1nc2ccccc2n1C. The molecule has 0 aliphatic rings. The minimum absolute atomic E-state index is 0.217. The van der Waals surface area contributed by atoms with Gasteiger partial charge in [0, 0.05) is 20.3 Å². The predicted molar refractivity (Wildman–Crippen MR) is 84.8 cm³/mol. The highest BCUT2D eigenvalue weighted by atomic mass is 35.5. The van der Waals surface area contributed by atoms with Gasteiger partial charge in [-0.1, -0.05) is 23.7 Å². The van der Waals surface area contributed by atoms with Crippen LogP contribution in [-0.4, -0.2) is 25.2 Å². The number of para-hydroxylation sites is 2. The highest BCUT2D eigenvalue weighted by Gasteiger charge is 2.20. The molecule has 1 atom stereocenters. The molecule has 0 saturated carbocycles. The molecule has 3 rings (SSSR count). The zero-order valence-corrected chi connectivity index (χ0v) is 13.3. The summed E-state index contributed by atoms with van der Waals surface area (Å²) in [6.45, 7) is 1.88. The number of aromatic nitrogens is 4. The van der Waals surface area contributed by atoms with Crippen LogP contribution in [0.15, 0.2) is 30.5 Å². The van der Waals surface area contributed by atoms with E-state index < -0.39 is 0 Å². The number of hydrogen-bond donors (Lipinski definition) is 1. The molecule has 1 aromatic carbocycles. The first-order valence-corrected chi connectivity index (χ1v) is 7.26. The van der Waals surface area contributed by atoms with Gasteiger partial charge in [0.05, 0.1) is 22.1 Å². The lowest BCUT2D eigenvalue weighted by molar-refractivity contribution is 0.0932. The molecule has 0 aliphatic heterocycles. The fourth-order valence-electron chi connectivity index (χ4n) is 2.49. The molecule has 0 aliphatic carbocycles. The average molecular weight is 318 g/mol. The van der Waals surface area contributed by atoms with Crippen LogP contribution in [0.1, 0.15) is 29.3 Å². The number of halogens is 1. The number of aryl methyl sites for hydroxylation is 2. The minimum Gasteiger partial charge on any atom is -0.341 e. The van der Waals surface area contributed by atoms with Gasteiger partial charge in [-0.25, -0.2) is 4.98 Å². The van der Waals surface area contributed by atoms with Gasteiger partial charge in [-0.3, -0.25) is 9.48 Å². The summed E-state index contributed by atoms with van der Waals surface area (Å²) in [7, 11) is 3.65. The maximum Gasteiger partial charge on any atom is 0.273 e. The second kappa shape index (κ2) is 5.46. The molecule has 3 aromatic rings. The number of hydrogen-bond acceptors (Lipinski definition) is 3. The van der Waals surface area contributed by atoms with E-state index in [2.05, 4.69) is 15.4 Å². The van der Waals surface area contributed by atoms with Crippen LogP contribution in [0, 0.1) is 0 Å². The second-order valence-corrected chi connectivity index (χ2v) is 5.62. The Morgan fingerprint density at radius 3 is 2.68 bits per heavy atom. The zero-order chi connectivity index (χ0) is 15.9. The van der Waals surface area contributed by atoms with Crippen molar-refractivity contribution in [1.82, 2.24) is 24.6 Å². The van der Waals surface area contributed by atoms with Gasteiger partial charge in [0.15, 0.2) is 5.69 Å². The maximum absolute atomic E-state index is 12.3. The molecule has 22 heavy (non-hydrogen) atoms. The van der Waals surface area contributed by atoms with Crippen molar-refractivity contribution < 1.29 is 4.79 Å². The number of carbonyl (C=O) groups excluding carboxylic acids is 1. The molecule has 7 heteroatoms. The number of benzene rings is 1. The van der Waals surface area contributed by atoms with Crippen molar-refractivity contribution >= 4 is 28.5 Å². The van der Waals surface area contributed by atoms with Gasteiger partial charge < -0.3 is 9.88 Å². The molecular weight excluding hydrogens is 302 g/mol. The normalized spacial score (nSPS) is 12.5. The van der Waals surface area contributed by atoms with Gasteiger partial charge in [-0.15, -0.1) is 0 Å². The molecule has 0 unspecified atom stereocenters. The Kier molecular flexibility index (Phi) is 3.62. The Bertz CT molecular complexity index is 851. The molecule has 1 amide bonds. The van der Waals surface area contributed by atoms with Crippen molar-refractivity contribution in [1.29, 1.82) is 0 Å². The van der Waals surface area contributed by atoms with Gasteiger partial charge in [-0.05, 0) is 19.1 Å². The first-order valence-electron chi connectivity index (χ1n) is 6.88. The molecular formula is C15H16ClN5O. The maximum atomic E-state index is 12.3. The third-order valence-electron chi connectivity index (χ3n) is 3.56. The standard InChI is InChI=1S/C15H16ClN5O/c1-9(17-15(22)13-10(16)8-20(2)19-13)14-18-11-6-4-5-7-12(11)21(14)3/h4-9H,1-3H3,(H,17,22)/t9-/m0/s1. The summed E-state index contributed by atoms with van der Waals surface area (Å²) >= 11 is 6.00. The Balaban J connectivity index is 1.87. The van der Waals surface area contributed by atoms with Crippen LogP contribution in [0.2, 0.25) is 5.02 Å². The minimum atomic E-state index is -0.315. The summed E-state index contributed by atoms with van der Waals surface area (Å²) in [6, 6.07) is 7.59. The first kappa shape index (κ1) is 14.6. The molecule has 0 fully saturated rings. The number of nitrogens with zero attached hydrogens (tertiary/aromatic N) is 4. The van der Waals surface area contributed by atoms with Crippen molar-refractivity contribution in [3.63, 3.8) is 0 Å². The molecule has 0 bridgehead atoms. The number of amides is 1. The smallest absolute Gasteiger partial charge is 0.273 e. The zero-order valence-electron chi connectivity index (χ0n) is 12.5. The lowest BCUT2D eigenvalue weighted by Crippen LogP contribution is -2.29. The van der Waals surface area contributed by atoms with Crippen LogP contribution in [0.4, 0.5) is 0 Å². The number of nitrogens with one attached hydrogen (secondary N) is 1. The Morgan fingerprint density at radius 2 is 2.05 bits per heavy atom. The third-order valence-corrected chi connectivity index (χ3v) is 3.83. The van der Waals surface area contributed by atoms with Crippen LogP contribution in [0.25, 0.3) is 11.0 Å². The van der Waals surface area contributed by atoms with Gasteiger partial charge >= 0.3 is 0 Å². The highest BCUT2D eigenvalue weighted by Crippen LogP contribution is 2.20. The van der Waals surface area contributed by atoms with Crippen molar-refractivity contribution in [2.75, 3.05) is 0 Å².